The van der Waals surface area contributed by atoms with Gasteiger partial charge in [-0.1, -0.05) is 29.3 Å². The maximum absolute atomic E-state index is 13.1. The van der Waals surface area contributed by atoms with Crippen molar-refractivity contribution in [3.05, 3.63) is 69.2 Å². The third kappa shape index (κ3) is 4.11. The van der Waals surface area contributed by atoms with E-state index in [0.29, 0.717) is 50.0 Å². The Hall–Kier alpha value is -3.20. The van der Waals surface area contributed by atoms with Crippen LogP contribution in [-0.2, 0) is 7.05 Å². The van der Waals surface area contributed by atoms with Crippen LogP contribution in [0.15, 0.2) is 53.6 Å². The van der Waals surface area contributed by atoms with E-state index in [9.17, 15) is 4.79 Å². The van der Waals surface area contributed by atoms with Crippen molar-refractivity contribution in [1.82, 2.24) is 24.8 Å². The van der Waals surface area contributed by atoms with E-state index in [1.54, 1.807) is 43.7 Å². The number of benzene rings is 1. The van der Waals surface area contributed by atoms with E-state index in [1.165, 1.54) is 11.0 Å². The van der Waals surface area contributed by atoms with E-state index in [1.807, 2.05) is 12.1 Å². The topological polar surface area (TPSA) is 94.0 Å². The van der Waals surface area contributed by atoms with Crippen molar-refractivity contribution in [3.63, 3.8) is 0 Å². The van der Waals surface area contributed by atoms with Crippen LogP contribution in [-0.4, -0.2) is 38.2 Å². The number of aromatic nitrogens is 4. The molecule has 3 atom stereocenters. The number of nitrogens with zero attached hydrogens (tertiary/aromatic N) is 4. The van der Waals surface area contributed by atoms with E-state index in [2.05, 4.69) is 25.6 Å². The van der Waals surface area contributed by atoms with Gasteiger partial charge in [0.05, 0.1) is 21.8 Å². The first kappa shape index (κ1) is 22.3. The minimum atomic E-state index is -0.258. The lowest BCUT2D eigenvalue weighted by Gasteiger charge is -2.23. The molecular formula is C25H22Cl2N6O2. The summed E-state index contributed by atoms with van der Waals surface area (Å²) in [4.78, 5) is 26.5. The third-order valence-corrected chi connectivity index (χ3v) is 7.34. The Morgan fingerprint density at radius 2 is 1.94 bits per heavy atom. The second kappa shape index (κ2) is 8.78. The SMILES string of the molecule is Cn1c(=O)c(-c2c(Cl)cccc2Cl)cc2cnc(Nc3ccc(OC4CC5CNC4C5)cn3)nc21. The highest BCUT2D eigenvalue weighted by molar-refractivity contribution is 6.39. The van der Waals surface area contributed by atoms with Crippen LogP contribution in [0.25, 0.3) is 22.2 Å². The second-order valence-electron chi connectivity index (χ2n) is 9.00. The Kier molecular flexibility index (Phi) is 5.59. The number of rotatable bonds is 5. The van der Waals surface area contributed by atoms with E-state index in [-0.39, 0.29) is 11.7 Å². The maximum atomic E-state index is 13.1. The van der Waals surface area contributed by atoms with Gasteiger partial charge in [0.25, 0.3) is 5.56 Å². The van der Waals surface area contributed by atoms with Crippen molar-refractivity contribution < 1.29 is 4.74 Å². The Labute approximate surface area is 211 Å². The largest absolute Gasteiger partial charge is 0.487 e. The molecule has 3 aromatic heterocycles. The summed E-state index contributed by atoms with van der Waals surface area (Å²) in [5, 5.41) is 8.09. The smallest absolute Gasteiger partial charge is 0.259 e. The van der Waals surface area contributed by atoms with Crippen LogP contribution in [0.3, 0.4) is 0 Å². The van der Waals surface area contributed by atoms with Crippen LogP contribution >= 0.6 is 23.2 Å². The molecular weight excluding hydrogens is 487 g/mol. The number of halogens is 2. The van der Waals surface area contributed by atoms with Gasteiger partial charge < -0.3 is 15.4 Å². The van der Waals surface area contributed by atoms with Crippen molar-refractivity contribution in [2.45, 2.75) is 25.0 Å². The summed E-state index contributed by atoms with van der Waals surface area (Å²) in [7, 11) is 1.66. The summed E-state index contributed by atoms with van der Waals surface area (Å²) < 4.78 is 7.59. The Balaban J connectivity index is 1.24. The minimum absolute atomic E-state index is 0.199. The van der Waals surface area contributed by atoms with Crippen LogP contribution < -0.4 is 20.9 Å². The Morgan fingerprint density at radius 3 is 2.63 bits per heavy atom. The van der Waals surface area contributed by atoms with Crippen LogP contribution in [0, 0.1) is 5.92 Å². The average molecular weight is 509 g/mol. The van der Waals surface area contributed by atoms with E-state index in [4.69, 9.17) is 27.9 Å². The summed E-state index contributed by atoms with van der Waals surface area (Å²) >= 11 is 12.7. The van der Waals surface area contributed by atoms with E-state index < -0.39 is 0 Å². The quantitative estimate of drug-likeness (QED) is 0.407. The van der Waals surface area contributed by atoms with Gasteiger partial charge >= 0.3 is 0 Å². The number of anilines is 2. The fourth-order valence-electron chi connectivity index (χ4n) is 4.98. The van der Waals surface area contributed by atoms with Crippen molar-refractivity contribution >= 4 is 46.0 Å². The van der Waals surface area contributed by atoms with Gasteiger partial charge in [-0.2, -0.15) is 4.98 Å². The molecule has 0 radical (unpaired) electrons. The van der Waals surface area contributed by atoms with Gasteiger partial charge in [-0.3, -0.25) is 9.36 Å². The number of piperidine rings is 1. The third-order valence-electron chi connectivity index (χ3n) is 6.71. The molecule has 8 nitrogen and oxygen atoms in total. The molecule has 178 valence electrons. The number of hydrogen-bond donors (Lipinski definition) is 2. The second-order valence-corrected chi connectivity index (χ2v) is 9.82. The van der Waals surface area contributed by atoms with E-state index in [0.717, 1.165) is 24.6 Å². The summed E-state index contributed by atoms with van der Waals surface area (Å²) in [6.45, 7) is 1.10. The Bertz CT molecular complexity index is 1470. The lowest BCUT2D eigenvalue weighted by Crippen LogP contribution is -2.40. The predicted octanol–water partition coefficient (Wildman–Crippen LogP) is 4.57. The monoisotopic (exact) mass is 508 g/mol. The fraction of sp³-hybridized carbons (Fsp3) is 0.280. The van der Waals surface area contributed by atoms with Crippen molar-refractivity contribution in [2.75, 3.05) is 11.9 Å². The first-order valence-corrected chi connectivity index (χ1v) is 12.2. The normalized spacial score (nSPS) is 20.9. The minimum Gasteiger partial charge on any atom is -0.487 e. The van der Waals surface area contributed by atoms with Crippen molar-refractivity contribution in [1.29, 1.82) is 0 Å². The van der Waals surface area contributed by atoms with Crippen molar-refractivity contribution in [3.8, 4) is 16.9 Å². The first-order valence-electron chi connectivity index (χ1n) is 11.4. The maximum Gasteiger partial charge on any atom is 0.259 e. The molecule has 1 aliphatic carbocycles. The first-order chi connectivity index (χ1) is 17.0. The molecule has 10 heteroatoms. The van der Waals surface area contributed by atoms with Gasteiger partial charge in [0.2, 0.25) is 5.95 Å². The molecule has 1 aliphatic heterocycles. The summed E-state index contributed by atoms with van der Waals surface area (Å²) in [6.07, 6.45) is 5.82. The zero-order valence-corrected chi connectivity index (χ0v) is 20.3. The average Bonchev–Trinajstić information content (AvgIpc) is 3.47. The van der Waals surface area contributed by atoms with Crippen LogP contribution in [0.1, 0.15) is 12.8 Å². The summed E-state index contributed by atoms with van der Waals surface area (Å²) in [5.41, 5.74) is 1.10. The zero-order valence-electron chi connectivity index (χ0n) is 18.8. The number of fused-ring (bicyclic) bond motifs is 3. The standard InChI is InChI=1S/C25H22Cl2N6O2/c1-33-23-14(9-16(24(33)34)22-17(26)3-2-4-18(22)27)11-30-25(32-23)31-21-6-5-15(12-29-21)35-20-8-13-7-19(20)28-10-13/h2-6,9,11-13,19-20,28H,7-8,10H2,1H3,(H,29,30,31,32). The molecule has 1 saturated heterocycles. The highest BCUT2D eigenvalue weighted by Gasteiger charge is 2.40. The summed E-state index contributed by atoms with van der Waals surface area (Å²) in [5.74, 6) is 2.36. The number of aryl methyl sites for hydroxylation is 1. The molecule has 2 bridgehead atoms. The van der Waals surface area contributed by atoms with Gasteiger partial charge in [0.1, 0.15) is 23.3 Å². The van der Waals surface area contributed by atoms with Crippen molar-refractivity contribution in [2.24, 2.45) is 13.0 Å². The molecule has 6 rings (SSSR count). The molecule has 0 amide bonds. The van der Waals surface area contributed by atoms with Gasteiger partial charge in [-0.25, -0.2) is 9.97 Å². The lowest BCUT2D eigenvalue weighted by molar-refractivity contribution is 0.158. The van der Waals surface area contributed by atoms with Crippen LogP contribution in [0.2, 0.25) is 10.0 Å². The highest BCUT2D eigenvalue weighted by Crippen LogP contribution is 2.35. The molecule has 2 aliphatic rings. The number of nitrogens with one attached hydrogen (secondary N) is 2. The number of ether oxygens (including phenoxy) is 1. The van der Waals surface area contributed by atoms with Crippen LogP contribution in [0.5, 0.6) is 5.75 Å². The highest BCUT2D eigenvalue weighted by atomic mass is 35.5. The molecule has 35 heavy (non-hydrogen) atoms. The lowest BCUT2D eigenvalue weighted by atomic mass is 10.1. The molecule has 4 heterocycles. The predicted molar refractivity (Wildman–Crippen MR) is 137 cm³/mol. The van der Waals surface area contributed by atoms with Crippen LogP contribution in [0.4, 0.5) is 11.8 Å². The molecule has 0 spiro atoms. The molecule has 1 saturated carbocycles. The molecule has 4 aromatic rings. The molecule has 1 aromatic carbocycles. The number of hydrogen-bond acceptors (Lipinski definition) is 7. The molecule has 3 unspecified atom stereocenters. The van der Waals surface area contributed by atoms with Gasteiger partial charge in [0.15, 0.2) is 0 Å². The zero-order chi connectivity index (χ0) is 24.1. The van der Waals surface area contributed by atoms with Gasteiger partial charge in [-0.15, -0.1) is 0 Å². The Morgan fingerprint density at radius 1 is 1.11 bits per heavy atom. The fourth-order valence-corrected chi connectivity index (χ4v) is 5.59. The van der Waals surface area contributed by atoms with E-state index >= 15 is 0 Å². The molecule has 2 fully saturated rings. The number of pyridine rings is 2. The van der Waals surface area contributed by atoms with Gasteiger partial charge in [0, 0.05) is 30.2 Å². The van der Waals surface area contributed by atoms with Gasteiger partial charge in [-0.05, 0) is 55.6 Å². The summed E-state index contributed by atoms with van der Waals surface area (Å²) in [6, 6.07) is 11.0. The molecule has 2 N–H and O–H groups in total.